The van der Waals surface area contributed by atoms with Gasteiger partial charge < -0.3 is 4.74 Å². The zero-order valence-electron chi connectivity index (χ0n) is 8.43. The average molecular weight is 172 g/mol. The number of hydrogen-bond acceptors (Lipinski definition) is 2. The fourth-order valence-electron chi connectivity index (χ4n) is 1.07. The lowest BCUT2D eigenvalue weighted by Crippen LogP contribution is -2.00. The molecule has 2 heteroatoms. The van der Waals surface area contributed by atoms with Gasteiger partial charge in [0, 0.05) is 6.42 Å². The van der Waals surface area contributed by atoms with Crippen molar-refractivity contribution in [1.82, 2.24) is 0 Å². The number of rotatable bonds is 6. The van der Waals surface area contributed by atoms with Gasteiger partial charge in [-0.1, -0.05) is 33.1 Å². The van der Waals surface area contributed by atoms with Gasteiger partial charge in [0.15, 0.2) is 0 Å². The number of methoxy groups -OCH3 is 1. The Bertz CT molecular complexity index is 121. The molecule has 1 atom stereocenters. The van der Waals surface area contributed by atoms with E-state index in [0.717, 1.165) is 18.8 Å². The van der Waals surface area contributed by atoms with Crippen LogP contribution in [0.1, 0.15) is 46.0 Å². The summed E-state index contributed by atoms with van der Waals surface area (Å²) in [6, 6.07) is 0. The molecule has 72 valence electrons. The SMILES string of the molecule is CCC(C)CCCCC(=O)OC. The monoisotopic (exact) mass is 172 g/mol. The molecular formula is C10H20O2. The molecule has 0 aliphatic rings. The third-order valence-electron chi connectivity index (χ3n) is 2.25. The van der Waals surface area contributed by atoms with Crippen molar-refractivity contribution in [2.24, 2.45) is 5.92 Å². The second-order valence-corrected chi connectivity index (χ2v) is 3.34. The molecule has 0 N–H and O–H groups in total. The second kappa shape index (κ2) is 7.14. The van der Waals surface area contributed by atoms with Crippen LogP contribution in [-0.2, 0) is 9.53 Å². The van der Waals surface area contributed by atoms with Gasteiger partial charge in [0.1, 0.15) is 0 Å². The predicted octanol–water partition coefficient (Wildman–Crippen LogP) is 2.77. The molecular weight excluding hydrogens is 152 g/mol. The van der Waals surface area contributed by atoms with Crippen molar-refractivity contribution in [3.8, 4) is 0 Å². The summed E-state index contributed by atoms with van der Waals surface area (Å²) in [7, 11) is 1.44. The van der Waals surface area contributed by atoms with Gasteiger partial charge in [-0.25, -0.2) is 0 Å². The van der Waals surface area contributed by atoms with Crippen molar-refractivity contribution in [1.29, 1.82) is 0 Å². The molecule has 0 heterocycles. The van der Waals surface area contributed by atoms with Gasteiger partial charge in [-0.2, -0.15) is 0 Å². The Hall–Kier alpha value is -0.530. The van der Waals surface area contributed by atoms with Crippen LogP contribution in [0.3, 0.4) is 0 Å². The Morgan fingerprint density at radius 2 is 2.08 bits per heavy atom. The van der Waals surface area contributed by atoms with E-state index in [0.29, 0.717) is 6.42 Å². The van der Waals surface area contributed by atoms with Gasteiger partial charge >= 0.3 is 5.97 Å². The molecule has 0 saturated heterocycles. The quantitative estimate of drug-likeness (QED) is 0.455. The second-order valence-electron chi connectivity index (χ2n) is 3.34. The molecule has 0 rings (SSSR count). The van der Waals surface area contributed by atoms with Crippen molar-refractivity contribution in [3.63, 3.8) is 0 Å². The van der Waals surface area contributed by atoms with Crippen LogP contribution in [-0.4, -0.2) is 13.1 Å². The van der Waals surface area contributed by atoms with E-state index >= 15 is 0 Å². The Balaban J connectivity index is 3.15. The first kappa shape index (κ1) is 11.5. The van der Waals surface area contributed by atoms with Crippen LogP contribution in [0.2, 0.25) is 0 Å². The van der Waals surface area contributed by atoms with E-state index in [9.17, 15) is 4.79 Å². The zero-order valence-corrected chi connectivity index (χ0v) is 8.43. The van der Waals surface area contributed by atoms with Crippen molar-refractivity contribution in [2.45, 2.75) is 46.0 Å². The Morgan fingerprint density at radius 1 is 1.42 bits per heavy atom. The number of hydrogen-bond donors (Lipinski definition) is 0. The lowest BCUT2D eigenvalue weighted by atomic mass is 10.0. The molecule has 0 aliphatic carbocycles. The van der Waals surface area contributed by atoms with Gasteiger partial charge in [-0.15, -0.1) is 0 Å². The van der Waals surface area contributed by atoms with Gasteiger partial charge in [0.05, 0.1) is 7.11 Å². The first-order chi connectivity index (χ1) is 5.70. The summed E-state index contributed by atoms with van der Waals surface area (Å²) in [5, 5.41) is 0. The highest BCUT2D eigenvalue weighted by Gasteiger charge is 2.01. The Morgan fingerprint density at radius 3 is 2.58 bits per heavy atom. The molecule has 1 unspecified atom stereocenters. The highest BCUT2D eigenvalue weighted by molar-refractivity contribution is 5.68. The highest BCUT2D eigenvalue weighted by atomic mass is 16.5. The normalized spacial score (nSPS) is 12.6. The van der Waals surface area contributed by atoms with Gasteiger partial charge in [0.2, 0.25) is 0 Å². The highest BCUT2D eigenvalue weighted by Crippen LogP contribution is 2.12. The maximum Gasteiger partial charge on any atom is 0.305 e. The Kier molecular flexibility index (Phi) is 6.82. The van der Waals surface area contributed by atoms with E-state index in [4.69, 9.17) is 0 Å². The lowest BCUT2D eigenvalue weighted by Gasteiger charge is -2.06. The summed E-state index contributed by atoms with van der Waals surface area (Å²) >= 11 is 0. The Labute approximate surface area is 75.3 Å². The topological polar surface area (TPSA) is 26.3 Å². The molecule has 0 aromatic rings. The van der Waals surface area contributed by atoms with Crippen LogP contribution in [0.5, 0.6) is 0 Å². The molecule has 12 heavy (non-hydrogen) atoms. The smallest absolute Gasteiger partial charge is 0.305 e. The zero-order chi connectivity index (χ0) is 9.40. The van der Waals surface area contributed by atoms with Crippen LogP contribution in [0.25, 0.3) is 0 Å². The van der Waals surface area contributed by atoms with E-state index < -0.39 is 0 Å². The summed E-state index contributed by atoms with van der Waals surface area (Å²) < 4.78 is 4.54. The fourth-order valence-corrected chi connectivity index (χ4v) is 1.07. The fraction of sp³-hybridized carbons (Fsp3) is 0.900. The minimum atomic E-state index is -0.0841. The van der Waals surface area contributed by atoms with Gasteiger partial charge in [-0.05, 0) is 12.3 Å². The predicted molar refractivity (Wildman–Crippen MR) is 49.9 cm³/mol. The van der Waals surface area contributed by atoms with E-state index in [1.165, 1.54) is 20.0 Å². The molecule has 0 amide bonds. The molecule has 0 spiro atoms. The van der Waals surface area contributed by atoms with Crippen molar-refractivity contribution >= 4 is 5.97 Å². The number of carbonyl (C=O) groups excluding carboxylic acids is 1. The molecule has 0 bridgehead atoms. The molecule has 0 radical (unpaired) electrons. The number of unbranched alkanes of at least 4 members (excludes halogenated alkanes) is 1. The standard InChI is InChI=1S/C10H20O2/c1-4-9(2)7-5-6-8-10(11)12-3/h9H,4-8H2,1-3H3. The molecule has 2 nitrogen and oxygen atoms in total. The molecule has 0 aromatic heterocycles. The first-order valence-corrected chi connectivity index (χ1v) is 4.77. The summed E-state index contributed by atoms with van der Waals surface area (Å²) in [5.74, 6) is 0.710. The van der Waals surface area contributed by atoms with E-state index in [1.54, 1.807) is 0 Å². The molecule has 0 aromatic carbocycles. The molecule has 0 fully saturated rings. The molecule has 0 saturated carbocycles. The minimum Gasteiger partial charge on any atom is -0.469 e. The van der Waals surface area contributed by atoms with Gasteiger partial charge in [0.25, 0.3) is 0 Å². The number of carbonyl (C=O) groups is 1. The summed E-state index contributed by atoms with van der Waals surface area (Å²) in [6.45, 7) is 4.45. The van der Waals surface area contributed by atoms with Crippen LogP contribution >= 0.6 is 0 Å². The van der Waals surface area contributed by atoms with Crippen LogP contribution in [0.15, 0.2) is 0 Å². The lowest BCUT2D eigenvalue weighted by molar-refractivity contribution is -0.140. The van der Waals surface area contributed by atoms with Crippen molar-refractivity contribution < 1.29 is 9.53 Å². The third kappa shape index (κ3) is 6.20. The maximum atomic E-state index is 10.7. The van der Waals surface area contributed by atoms with E-state index in [2.05, 4.69) is 18.6 Å². The average Bonchev–Trinajstić information content (AvgIpc) is 2.11. The van der Waals surface area contributed by atoms with Crippen molar-refractivity contribution in [2.75, 3.05) is 7.11 Å². The minimum absolute atomic E-state index is 0.0841. The first-order valence-electron chi connectivity index (χ1n) is 4.77. The van der Waals surface area contributed by atoms with E-state index in [-0.39, 0.29) is 5.97 Å². The molecule has 0 aliphatic heterocycles. The largest absolute Gasteiger partial charge is 0.469 e. The summed E-state index contributed by atoms with van der Waals surface area (Å²) in [6.07, 6.45) is 5.15. The number of esters is 1. The van der Waals surface area contributed by atoms with Gasteiger partial charge in [-0.3, -0.25) is 4.79 Å². The van der Waals surface area contributed by atoms with Crippen LogP contribution < -0.4 is 0 Å². The summed E-state index contributed by atoms with van der Waals surface area (Å²) in [5.41, 5.74) is 0. The van der Waals surface area contributed by atoms with Crippen LogP contribution in [0, 0.1) is 5.92 Å². The van der Waals surface area contributed by atoms with Crippen LogP contribution in [0.4, 0.5) is 0 Å². The summed E-state index contributed by atoms with van der Waals surface area (Å²) in [4.78, 5) is 10.7. The van der Waals surface area contributed by atoms with E-state index in [1.807, 2.05) is 0 Å². The maximum absolute atomic E-state index is 10.7. The third-order valence-corrected chi connectivity index (χ3v) is 2.25. The van der Waals surface area contributed by atoms with Crippen molar-refractivity contribution in [3.05, 3.63) is 0 Å². The number of ether oxygens (including phenoxy) is 1.